The number of carbonyl (C=O) groups excluding carboxylic acids is 1. The average molecular weight is 265 g/mol. The Morgan fingerprint density at radius 1 is 1.32 bits per heavy atom. The third kappa shape index (κ3) is 4.56. The summed E-state index contributed by atoms with van der Waals surface area (Å²) in [5.41, 5.74) is 8.20. The van der Waals surface area contributed by atoms with Gasteiger partial charge in [0.25, 0.3) is 0 Å². The van der Waals surface area contributed by atoms with Gasteiger partial charge in [-0.05, 0) is 69.9 Å². The summed E-state index contributed by atoms with van der Waals surface area (Å²) in [4.78, 5) is 11.9. The Balaban J connectivity index is 2.83. The van der Waals surface area contributed by atoms with Crippen LogP contribution in [0.3, 0.4) is 0 Å². The van der Waals surface area contributed by atoms with Crippen LogP contribution in [0.2, 0.25) is 0 Å². The molecule has 0 saturated heterocycles. The largest absolute Gasteiger partial charge is 0.508 e. The summed E-state index contributed by atoms with van der Waals surface area (Å²) < 4.78 is 5.26. The SMILES string of the molecule is Cc1cc(O)cc(C)c1C[C@H](N)C(=O)OC(C)(C)C. The van der Waals surface area contributed by atoms with Crippen LogP contribution in [-0.2, 0) is 16.0 Å². The third-order valence-corrected chi connectivity index (χ3v) is 2.81. The van der Waals surface area contributed by atoms with Crippen LogP contribution in [0.25, 0.3) is 0 Å². The molecule has 3 N–H and O–H groups in total. The van der Waals surface area contributed by atoms with Crippen molar-refractivity contribution in [3.8, 4) is 5.75 Å². The van der Waals surface area contributed by atoms with E-state index in [1.165, 1.54) is 0 Å². The van der Waals surface area contributed by atoms with Gasteiger partial charge in [0.05, 0.1) is 0 Å². The van der Waals surface area contributed by atoms with Gasteiger partial charge in [-0.1, -0.05) is 0 Å². The number of aromatic hydroxyl groups is 1. The predicted molar refractivity (Wildman–Crippen MR) is 75.1 cm³/mol. The Kier molecular flexibility index (Phi) is 4.58. The third-order valence-electron chi connectivity index (χ3n) is 2.81. The number of hydrogen-bond acceptors (Lipinski definition) is 4. The van der Waals surface area contributed by atoms with Crippen LogP contribution in [0.4, 0.5) is 0 Å². The number of ether oxygens (including phenoxy) is 1. The molecule has 0 unspecified atom stereocenters. The molecular weight excluding hydrogens is 242 g/mol. The lowest BCUT2D eigenvalue weighted by atomic mass is 9.96. The molecule has 0 bridgehead atoms. The second-order valence-corrected chi connectivity index (χ2v) is 5.90. The second-order valence-electron chi connectivity index (χ2n) is 5.90. The monoisotopic (exact) mass is 265 g/mol. The Hall–Kier alpha value is -1.55. The van der Waals surface area contributed by atoms with Gasteiger partial charge in [0.1, 0.15) is 17.4 Å². The predicted octanol–water partition coefficient (Wildman–Crippen LogP) is 2.22. The van der Waals surface area contributed by atoms with Crippen LogP contribution >= 0.6 is 0 Å². The van der Waals surface area contributed by atoms with Gasteiger partial charge in [-0.25, -0.2) is 0 Å². The number of hydrogen-bond donors (Lipinski definition) is 2. The zero-order chi connectivity index (χ0) is 14.8. The summed E-state index contributed by atoms with van der Waals surface area (Å²) in [6.45, 7) is 9.23. The fraction of sp³-hybridized carbons (Fsp3) is 0.533. The van der Waals surface area contributed by atoms with Crippen molar-refractivity contribution in [2.45, 2.75) is 52.7 Å². The molecule has 0 aliphatic rings. The minimum absolute atomic E-state index is 0.226. The van der Waals surface area contributed by atoms with Gasteiger partial charge in [0.2, 0.25) is 0 Å². The van der Waals surface area contributed by atoms with Gasteiger partial charge in [-0.3, -0.25) is 4.79 Å². The number of esters is 1. The lowest BCUT2D eigenvalue weighted by Gasteiger charge is -2.23. The average Bonchev–Trinajstić information content (AvgIpc) is 2.20. The smallest absolute Gasteiger partial charge is 0.323 e. The first-order valence-electron chi connectivity index (χ1n) is 6.37. The first-order chi connectivity index (χ1) is 8.60. The van der Waals surface area contributed by atoms with Crippen molar-refractivity contribution in [3.63, 3.8) is 0 Å². The number of nitrogens with two attached hydrogens (primary N) is 1. The van der Waals surface area contributed by atoms with E-state index in [-0.39, 0.29) is 5.75 Å². The quantitative estimate of drug-likeness (QED) is 0.822. The van der Waals surface area contributed by atoms with E-state index >= 15 is 0 Å². The lowest BCUT2D eigenvalue weighted by Crippen LogP contribution is -2.39. The van der Waals surface area contributed by atoms with E-state index in [9.17, 15) is 9.90 Å². The highest BCUT2D eigenvalue weighted by molar-refractivity contribution is 5.76. The van der Waals surface area contributed by atoms with Crippen LogP contribution in [0.5, 0.6) is 5.75 Å². The Bertz CT molecular complexity index is 452. The molecule has 0 fully saturated rings. The van der Waals surface area contributed by atoms with E-state index in [0.29, 0.717) is 6.42 Å². The fourth-order valence-electron chi connectivity index (χ4n) is 1.97. The van der Waals surface area contributed by atoms with Gasteiger partial charge < -0.3 is 15.6 Å². The maximum Gasteiger partial charge on any atom is 0.323 e. The normalized spacial score (nSPS) is 13.2. The molecule has 4 nitrogen and oxygen atoms in total. The van der Waals surface area contributed by atoms with Crippen LogP contribution in [0.1, 0.15) is 37.5 Å². The van der Waals surface area contributed by atoms with E-state index in [4.69, 9.17) is 10.5 Å². The van der Waals surface area contributed by atoms with Gasteiger partial charge >= 0.3 is 5.97 Å². The molecular formula is C15H23NO3. The number of phenols is 1. The maximum atomic E-state index is 11.9. The zero-order valence-electron chi connectivity index (χ0n) is 12.3. The highest BCUT2D eigenvalue weighted by atomic mass is 16.6. The molecule has 19 heavy (non-hydrogen) atoms. The number of aryl methyl sites for hydroxylation is 2. The molecule has 0 aliphatic heterocycles. The molecule has 0 amide bonds. The molecule has 0 saturated carbocycles. The van der Waals surface area contributed by atoms with Crippen molar-refractivity contribution in [2.75, 3.05) is 0 Å². The number of benzene rings is 1. The summed E-state index contributed by atoms with van der Waals surface area (Å²) in [5.74, 6) is -0.177. The van der Waals surface area contributed by atoms with Crippen molar-refractivity contribution in [1.82, 2.24) is 0 Å². The Morgan fingerprint density at radius 2 is 1.79 bits per heavy atom. The summed E-state index contributed by atoms with van der Waals surface area (Å²) in [6, 6.07) is 2.65. The molecule has 0 radical (unpaired) electrons. The summed E-state index contributed by atoms with van der Waals surface area (Å²) in [6.07, 6.45) is 0.410. The number of phenolic OH excluding ortho intramolecular Hbond substituents is 1. The van der Waals surface area contributed by atoms with E-state index in [2.05, 4.69) is 0 Å². The standard InChI is InChI=1S/C15H23NO3/c1-9-6-11(17)7-10(2)12(9)8-13(16)14(18)19-15(3,4)5/h6-7,13,17H,8,16H2,1-5H3/t13-/m0/s1. The zero-order valence-corrected chi connectivity index (χ0v) is 12.3. The molecule has 1 atom stereocenters. The second kappa shape index (κ2) is 5.61. The first kappa shape index (κ1) is 15.5. The van der Waals surface area contributed by atoms with Crippen LogP contribution in [-0.4, -0.2) is 22.7 Å². The molecule has 1 aromatic rings. The first-order valence-corrected chi connectivity index (χ1v) is 6.37. The topological polar surface area (TPSA) is 72.5 Å². The number of carbonyl (C=O) groups is 1. The van der Waals surface area contributed by atoms with E-state index < -0.39 is 17.6 Å². The van der Waals surface area contributed by atoms with Crippen LogP contribution in [0.15, 0.2) is 12.1 Å². The molecule has 0 heterocycles. The highest BCUT2D eigenvalue weighted by Crippen LogP contribution is 2.22. The van der Waals surface area contributed by atoms with E-state index in [1.54, 1.807) is 12.1 Å². The summed E-state index contributed by atoms with van der Waals surface area (Å²) >= 11 is 0. The van der Waals surface area contributed by atoms with Gasteiger partial charge in [-0.2, -0.15) is 0 Å². The molecule has 0 aromatic heterocycles. The van der Waals surface area contributed by atoms with Gasteiger partial charge in [0, 0.05) is 0 Å². The van der Waals surface area contributed by atoms with Crippen molar-refractivity contribution >= 4 is 5.97 Å². The Labute approximate surface area is 114 Å². The maximum absolute atomic E-state index is 11.9. The van der Waals surface area contributed by atoms with Crippen LogP contribution in [0, 0.1) is 13.8 Å². The van der Waals surface area contributed by atoms with Gasteiger partial charge in [0.15, 0.2) is 0 Å². The van der Waals surface area contributed by atoms with Crippen molar-refractivity contribution < 1.29 is 14.6 Å². The molecule has 1 rings (SSSR count). The van der Waals surface area contributed by atoms with Crippen molar-refractivity contribution in [1.29, 1.82) is 0 Å². The molecule has 0 spiro atoms. The van der Waals surface area contributed by atoms with Gasteiger partial charge in [-0.15, -0.1) is 0 Å². The van der Waals surface area contributed by atoms with E-state index in [0.717, 1.165) is 16.7 Å². The molecule has 1 aromatic carbocycles. The Morgan fingerprint density at radius 3 is 2.21 bits per heavy atom. The fourth-order valence-corrected chi connectivity index (χ4v) is 1.97. The van der Waals surface area contributed by atoms with Crippen LogP contribution < -0.4 is 5.73 Å². The minimum Gasteiger partial charge on any atom is -0.508 e. The number of rotatable bonds is 3. The summed E-state index contributed by atoms with van der Waals surface area (Å²) in [5, 5.41) is 9.49. The lowest BCUT2D eigenvalue weighted by molar-refractivity contribution is -0.156. The highest BCUT2D eigenvalue weighted by Gasteiger charge is 2.23. The minimum atomic E-state index is -0.693. The summed E-state index contributed by atoms with van der Waals surface area (Å²) in [7, 11) is 0. The van der Waals surface area contributed by atoms with Crippen molar-refractivity contribution in [2.24, 2.45) is 5.73 Å². The van der Waals surface area contributed by atoms with Crippen molar-refractivity contribution in [3.05, 3.63) is 28.8 Å². The van der Waals surface area contributed by atoms with E-state index in [1.807, 2.05) is 34.6 Å². The molecule has 0 aliphatic carbocycles. The molecule has 4 heteroatoms. The molecule has 106 valence electrons.